The summed E-state index contributed by atoms with van der Waals surface area (Å²) in [6.45, 7) is 2.17. The fourth-order valence-electron chi connectivity index (χ4n) is 6.08. The van der Waals surface area contributed by atoms with Gasteiger partial charge in [0.15, 0.2) is 0 Å². The van der Waals surface area contributed by atoms with Gasteiger partial charge in [-0.05, 0) is 60.7 Å². The number of benzene rings is 4. The minimum absolute atomic E-state index is 0.156. The molecule has 0 bridgehead atoms. The Bertz CT molecular complexity index is 1430. The van der Waals surface area contributed by atoms with Crippen molar-refractivity contribution in [3.63, 3.8) is 0 Å². The van der Waals surface area contributed by atoms with Crippen LogP contribution in [0.15, 0.2) is 120 Å². The number of ether oxygens (including phenoxy) is 1. The molecule has 2 aliphatic heterocycles. The van der Waals surface area contributed by atoms with Crippen LogP contribution in [0.1, 0.15) is 47.0 Å². The van der Waals surface area contributed by atoms with Crippen LogP contribution in [0.4, 0.5) is 5.69 Å². The first-order valence-electron chi connectivity index (χ1n) is 13.7. The third-order valence-corrected chi connectivity index (χ3v) is 9.64. The molecule has 2 unspecified atom stereocenters. The van der Waals surface area contributed by atoms with Crippen molar-refractivity contribution in [2.24, 2.45) is 11.0 Å². The second kappa shape index (κ2) is 11.5. The maximum atomic E-state index is 14.1. The summed E-state index contributed by atoms with van der Waals surface area (Å²) in [6.07, 6.45) is 1.48. The molecule has 1 fully saturated rings. The summed E-state index contributed by atoms with van der Waals surface area (Å²) in [6, 6.07) is 39.1. The van der Waals surface area contributed by atoms with Gasteiger partial charge in [-0.15, -0.1) is 11.8 Å². The number of halogens is 1. The van der Waals surface area contributed by atoms with Gasteiger partial charge in [0.1, 0.15) is 5.92 Å². The Labute approximate surface area is 245 Å². The van der Waals surface area contributed by atoms with Gasteiger partial charge in [0.2, 0.25) is 0 Å². The molecule has 2 aliphatic rings. The summed E-state index contributed by atoms with van der Waals surface area (Å²) in [4.78, 5) is 14.1. The van der Waals surface area contributed by atoms with Crippen LogP contribution in [-0.2, 0) is 9.53 Å². The number of para-hydroxylation sites is 1. The van der Waals surface area contributed by atoms with E-state index in [-0.39, 0.29) is 16.5 Å². The van der Waals surface area contributed by atoms with Gasteiger partial charge in [0.05, 0.1) is 23.5 Å². The Morgan fingerprint density at radius 3 is 1.90 bits per heavy atom. The second-order valence-electron chi connectivity index (χ2n) is 10.3. The highest BCUT2D eigenvalue weighted by Crippen LogP contribution is 2.60. The zero-order valence-electron chi connectivity index (χ0n) is 22.3. The third-order valence-electron chi connectivity index (χ3n) is 7.85. The third kappa shape index (κ3) is 5.04. The van der Waals surface area contributed by atoms with Crippen LogP contribution in [0.25, 0.3) is 0 Å². The first-order chi connectivity index (χ1) is 19.6. The summed E-state index contributed by atoms with van der Waals surface area (Å²) in [5.74, 6) is -0.813. The van der Waals surface area contributed by atoms with E-state index in [9.17, 15) is 4.79 Å². The summed E-state index contributed by atoms with van der Waals surface area (Å²) in [7, 11) is 0. The van der Waals surface area contributed by atoms with Crippen molar-refractivity contribution in [3.05, 3.63) is 137 Å². The van der Waals surface area contributed by atoms with Crippen molar-refractivity contribution in [2.45, 2.75) is 35.8 Å². The quantitative estimate of drug-likeness (QED) is 0.219. The molecule has 0 aliphatic carbocycles. The van der Waals surface area contributed by atoms with Crippen LogP contribution in [0.2, 0.25) is 5.02 Å². The van der Waals surface area contributed by atoms with Crippen LogP contribution in [-0.4, -0.2) is 23.8 Å². The van der Waals surface area contributed by atoms with Crippen LogP contribution >= 0.6 is 23.4 Å². The van der Waals surface area contributed by atoms with Crippen LogP contribution < -0.4 is 5.01 Å². The van der Waals surface area contributed by atoms with E-state index in [1.165, 1.54) is 11.1 Å². The molecule has 0 amide bonds. The standard InChI is InChI=1S/C34H31ClN2O2S/c1-2-39-33(38)31-32(26-18-20-27(35)21-19-26)36-37(28-16-10-5-11-17-28)34(31)22-29(24-12-6-3-7-13-24)40-30(23-34)25-14-8-4-9-15-25/h3-21,29-31H,2,22-23H2,1H3/t29-,30+,31?,34?. The molecule has 40 heavy (non-hydrogen) atoms. The summed E-state index contributed by atoms with van der Waals surface area (Å²) in [5.41, 5.74) is 4.43. The van der Waals surface area contributed by atoms with E-state index in [2.05, 4.69) is 77.8 Å². The van der Waals surface area contributed by atoms with Crippen molar-refractivity contribution < 1.29 is 9.53 Å². The lowest BCUT2D eigenvalue weighted by atomic mass is 9.71. The van der Waals surface area contributed by atoms with Gasteiger partial charge >= 0.3 is 5.97 Å². The first-order valence-corrected chi connectivity index (χ1v) is 15.0. The predicted octanol–water partition coefficient (Wildman–Crippen LogP) is 8.49. The summed E-state index contributed by atoms with van der Waals surface area (Å²) in [5, 5.41) is 8.36. The number of carbonyl (C=O) groups excluding carboxylic acids is 1. The van der Waals surface area contributed by atoms with Gasteiger partial charge in [0, 0.05) is 15.5 Å². The lowest BCUT2D eigenvalue weighted by molar-refractivity contribution is -0.147. The monoisotopic (exact) mass is 566 g/mol. The topological polar surface area (TPSA) is 41.9 Å². The number of anilines is 1. The maximum absolute atomic E-state index is 14.1. The minimum atomic E-state index is -0.644. The Kier molecular flexibility index (Phi) is 7.68. The van der Waals surface area contributed by atoms with Crippen molar-refractivity contribution >= 4 is 40.7 Å². The van der Waals surface area contributed by atoms with Crippen LogP contribution in [0.3, 0.4) is 0 Å². The van der Waals surface area contributed by atoms with Crippen LogP contribution in [0.5, 0.6) is 0 Å². The molecule has 0 saturated carbocycles. The molecule has 202 valence electrons. The van der Waals surface area contributed by atoms with E-state index in [1.54, 1.807) is 0 Å². The van der Waals surface area contributed by atoms with Crippen molar-refractivity contribution in [3.8, 4) is 0 Å². The molecular weight excluding hydrogens is 536 g/mol. The molecule has 1 spiro atoms. The molecular formula is C34H31ClN2O2S. The SMILES string of the molecule is CCOC(=O)C1C(c2ccc(Cl)cc2)=NN(c2ccccc2)C12C[C@@H](c1ccccc1)S[C@@H](c1ccccc1)C2. The Morgan fingerprint density at radius 1 is 0.850 bits per heavy atom. The molecule has 1 saturated heterocycles. The molecule has 6 rings (SSSR count). The Hall–Kier alpha value is -3.54. The summed E-state index contributed by atoms with van der Waals surface area (Å²) < 4.78 is 5.82. The molecule has 6 heteroatoms. The highest BCUT2D eigenvalue weighted by Gasteiger charge is 2.59. The lowest BCUT2D eigenvalue weighted by Gasteiger charge is -2.49. The van der Waals surface area contributed by atoms with Gasteiger partial charge in [-0.3, -0.25) is 9.80 Å². The van der Waals surface area contributed by atoms with Gasteiger partial charge < -0.3 is 4.74 Å². The minimum Gasteiger partial charge on any atom is -0.465 e. The Balaban J connectivity index is 1.56. The van der Waals surface area contributed by atoms with E-state index < -0.39 is 11.5 Å². The van der Waals surface area contributed by atoms with Crippen molar-refractivity contribution in [1.29, 1.82) is 0 Å². The number of rotatable bonds is 6. The van der Waals surface area contributed by atoms with Gasteiger partial charge in [-0.25, -0.2) is 0 Å². The maximum Gasteiger partial charge on any atom is 0.317 e. The molecule has 0 radical (unpaired) electrons. The van der Waals surface area contributed by atoms with E-state index in [0.717, 1.165) is 29.8 Å². The first kappa shape index (κ1) is 26.7. The number of hydrogen-bond acceptors (Lipinski definition) is 5. The van der Waals surface area contributed by atoms with Crippen LogP contribution in [0, 0.1) is 5.92 Å². The smallest absolute Gasteiger partial charge is 0.317 e. The summed E-state index contributed by atoms with van der Waals surface area (Å²) >= 11 is 8.24. The fourth-order valence-corrected chi connectivity index (χ4v) is 8.01. The molecule has 4 atom stereocenters. The number of esters is 1. The predicted molar refractivity (Wildman–Crippen MR) is 165 cm³/mol. The molecule has 0 N–H and O–H groups in total. The largest absolute Gasteiger partial charge is 0.465 e. The van der Waals surface area contributed by atoms with E-state index in [1.807, 2.05) is 61.2 Å². The highest BCUT2D eigenvalue weighted by molar-refractivity contribution is 7.99. The number of hydrogen-bond donors (Lipinski definition) is 0. The van der Waals surface area contributed by atoms with Gasteiger partial charge in [-0.1, -0.05) is 103 Å². The van der Waals surface area contributed by atoms with Gasteiger partial charge in [0.25, 0.3) is 0 Å². The molecule has 0 aromatic heterocycles. The Morgan fingerprint density at radius 2 is 1.38 bits per heavy atom. The molecule has 4 aromatic carbocycles. The normalized spacial score (nSPS) is 24.1. The van der Waals surface area contributed by atoms with E-state index in [0.29, 0.717) is 11.6 Å². The number of thioether (sulfide) groups is 1. The van der Waals surface area contributed by atoms with Gasteiger partial charge in [-0.2, -0.15) is 5.10 Å². The second-order valence-corrected chi connectivity index (χ2v) is 12.1. The molecule has 4 nitrogen and oxygen atoms in total. The number of nitrogens with zero attached hydrogens (tertiary/aromatic N) is 2. The number of carbonyl (C=O) groups is 1. The van der Waals surface area contributed by atoms with E-state index >= 15 is 0 Å². The number of hydrazone groups is 1. The fraction of sp³-hybridized carbons (Fsp3) is 0.235. The van der Waals surface area contributed by atoms with E-state index in [4.69, 9.17) is 21.4 Å². The molecule has 4 aromatic rings. The average molecular weight is 567 g/mol. The zero-order valence-corrected chi connectivity index (χ0v) is 23.9. The molecule has 2 heterocycles. The lowest BCUT2D eigenvalue weighted by Crippen LogP contribution is -2.55. The van der Waals surface area contributed by atoms with Crippen molar-refractivity contribution in [1.82, 2.24) is 0 Å². The average Bonchev–Trinajstić information content (AvgIpc) is 3.32. The van der Waals surface area contributed by atoms with Crippen molar-refractivity contribution in [2.75, 3.05) is 11.6 Å². The highest BCUT2D eigenvalue weighted by atomic mass is 35.5. The zero-order chi connectivity index (χ0) is 27.5.